The van der Waals surface area contributed by atoms with Crippen LogP contribution in [0.5, 0.6) is 0 Å². The first-order valence-corrected chi connectivity index (χ1v) is 3.93. The van der Waals surface area contributed by atoms with Crippen LogP contribution in [0.3, 0.4) is 0 Å². The minimum atomic E-state index is -4.34. The molecule has 0 aliphatic carbocycles. The van der Waals surface area contributed by atoms with E-state index in [-0.39, 0.29) is 6.42 Å². The highest BCUT2D eigenvalue weighted by Crippen LogP contribution is 2.27. The van der Waals surface area contributed by atoms with Crippen LogP contribution in [-0.4, -0.2) is 15.7 Å². The van der Waals surface area contributed by atoms with Crippen LogP contribution >= 0.6 is 7.75 Å². The van der Waals surface area contributed by atoms with Crippen LogP contribution in [0.25, 0.3) is 0 Å². The third-order valence-corrected chi connectivity index (χ3v) is 1.13. The quantitative estimate of drug-likeness (QED) is 0.471. The van der Waals surface area contributed by atoms with Gasteiger partial charge in [-0.15, -0.1) is 0 Å². The van der Waals surface area contributed by atoms with Gasteiger partial charge in [0.2, 0.25) is 5.91 Å². The lowest BCUT2D eigenvalue weighted by molar-refractivity contribution is -0.119. The summed E-state index contributed by atoms with van der Waals surface area (Å²) in [5, 5.41) is 1.50. The van der Waals surface area contributed by atoms with E-state index >= 15 is 0 Å². The van der Waals surface area contributed by atoms with E-state index in [9.17, 15) is 9.36 Å². The summed E-state index contributed by atoms with van der Waals surface area (Å²) < 4.78 is 9.96. The van der Waals surface area contributed by atoms with Crippen molar-refractivity contribution in [2.75, 3.05) is 0 Å². The average Bonchev–Trinajstić information content (AvgIpc) is 1.62. The van der Waals surface area contributed by atoms with Crippen LogP contribution in [0.15, 0.2) is 0 Å². The SMILES string of the molecule is CCC(=O)NP(=O)(O)O. The van der Waals surface area contributed by atoms with Gasteiger partial charge in [0.05, 0.1) is 0 Å². The number of rotatable bonds is 2. The van der Waals surface area contributed by atoms with Gasteiger partial charge in [0.15, 0.2) is 0 Å². The lowest BCUT2D eigenvalue weighted by Crippen LogP contribution is -2.18. The average molecular weight is 153 g/mol. The van der Waals surface area contributed by atoms with Gasteiger partial charge in [-0.05, 0) is 0 Å². The molecule has 3 N–H and O–H groups in total. The Labute approximate surface area is 52.3 Å². The van der Waals surface area contributed by atoms with Gasteiger partial charge in [-0.1, -0.05) is 6.92 Å². The standard InChI is InChI=1S/C3H8NO4P/c1-2-3(5)4-9(6,7)8/h2H2,1H3,(H3,4,5,6,7,8). The summed E-state index contributed by atoms with van der Waals surface area (Å²) >= 11 is 0. The smallest absolute Gasteiger partial charge is 0.308 e. The maximum atomic E-state index is 10.2. The highest BCUT2D eigenvalue weighted by atomic mass is 31.2. The minimum Gasteiger partial charge on any atom is -0.308 e. The van der Waals surface area contributed by atoms with Crippen molar-refractivity contribution >= 4 is 13.7 Å². The van der Waals surface area contributed by atoms with Crippen LogP contribution in [0.1, 0.15) is 13.3 Å². The van der Waals surface area contributed by atoms with E-state index in [4.69, 9.17) is 9.79 Å². The van der Waals surface area contributed by atoms with Gasteiger partial charge in [-0.2, -0.15) is 0 Å². The van der Waals surface area contributed by atoms with Crippen molar-refractivity contribution in [2.45, 2.75) is 13.3 Å². The molecule has 0 fully saturated rings. The van der Waals surface area contributed by atoms with E-state index in [1.54, 1.807) is 0 Å². The van der Waals surface area contributed by atoms with Gasteiger partial charge in [0.25, 0.3) is 0 Å². The van der Waals surface area contributed by atoms with E-state index < -0.39 is 13.7 Å². The normalized spacial score (nSPS) is 11.0. The zero-order valence-electron chi connectivity index (χ0n) is 4.87. The van der Waals surface area contributed by atoms with E-state index in [0.29, 0.717) is 0 Å². The summed E-state index contributed by atoms with van der Waals surface area (Å²) in [6, 6.07) is 0. The predicted octanol–water partition coefficient (Wildman–Crippen LogP) is -0.395. The molecule has 9 heavy (non-hydrogen) atoms. The first kappa shape index (κ1) is 8.62. The van der Waals surface area contributed by atoms with Gasteiger partial charge in [0, 0.05) is 6.42 Å². The highest BCUT2D eigenvalue weighted by molar-refractivity contribution is 7.50. The molecule has 0 saturated heterocycles. The second-order valence-electron chi connectivity index (χ2n) is 1.43. The Hall–Kier alpha value is -0.380. The fourth-order valence-electron chi connectivity index (χ4n) is 0.242. The fourth-order valence-corrected chi connectivity index (χ4v) is 0.725. The molecular formula is C3H8NO4P. The Morgan fingerprint density at radius 1 is 1.67 bits per heavy atom. The van der Waals surface area contributed by atoms with Crippen molar-refractivity contribution in [1.29, 1.82) is 0 Å². The van der Waals surface area contributed by atoms with Crippen molar-refractivity contribution in [2.24, 2.45) is 0 Å². The highest BCUT2D eigenvalue weighted by Gasteiger charge is 2.14. The third-order valence-electron chi connectivity index (χ3n) is 0.591. The number of carbonyl (C=O) groups is 1. The van der Waals surface area contributed by atoms with Crippen molar-refractivity contribution in [3.05, 3.63) is 0 Å². The van der Waals surface area contributed by atoms with Gasteiger partial charge < -0.3 is 9.79 Å². The number of hydrogen-bond acceptors (Lipinski definition) is 2. The van der Waals surface area contributed by atoms with Crippen LogP contribution in [-0.2, 0) is 9.36 Å². The van der Waals surface area contributed by atoms with Gasteiger partial charge in [-0.25, -0.2) is 4.57 Å². The molecule has 0 aromatic rings. The Bertz CT molecular complexity index is 150. The molecule has 0 saturated carbocycles. The first-order valence-electron chi connectivity index (χ1n) is 2.32. The summed E-state index contributed by atoms with van der Waals surface area (Å²) in [5.74, 6) is -0.650. The zero-order valence-corrected chi connectivity index (χ0v) is 5.76. The topological polar surface area (TPSA) is 86.6 Å². The second-order valence-corrected chi connectivity index (χ2v) is 2.74. The molecule has 54 valence electrons. The Balaban J connectivity index is 3.75. The van der Waals surface area contributed by atoms with E-state index in [1.807, 2.05) is 0 Å². The lowest BCUT2D eigenvalue weighted by atomic mass is 10.5. The second kappa shape index (κ2) is 2.96. The summed E-state index contributed by atoms with van der Waals surface area (Å²) in [4.78, 5) is 26.4. The number of nitrogens with one attached hydrogen (secondary N) is 1. The molecule has 0 radical (unpaired) electrons. The summed E-state index contributed by atoms with van der Waals surface area (Å²) in [6.45, 7) is 1.50. The van der Waals surface area contributed by atoms with Crippen LogP contribution in [0.2, 0.25) is 0 Å². The molecule has 0 unspecified atom stereocenters. The summed E-state index contributed by atoms with van der Waals surface area (Å²) in [7, 11) is -4.34. The number of hydrogen-bond donors (Lipinski definition) is 3. The monoisotopic (exact) mass is 153 g/mol. The van der Waals surface area contributed by atoms with Gasteiger partial charge >= 0.3 is 7.75 Å². The molecule has 0 spiro atoms. The van der Waals surface area contributed by atoms with Crippen molar-refractivity contribution < 1.29 is 19.1 Å². The molecule has 0 rings (SSSR count). The summed E-state index contributed by atoms with van der Waals surface area (Å²) in [6.07, 6.45) is 0.0745. The lowest BCUT2D eigenvalue weighted by Gasteiger charge is -2.02. The zero-order chi connectivity index (χ0) is 7.49. The van der Waals surface area contributed by atoms with Crippen LogP contribution in [0, 0.1) is 0 Å². The maximum Gasteiger partial charge on any atom is 0.429 e. The van der Waals surface area contributed by atoms with Gasteiger partial charge in [-0.3, -0.25) is 9.88 Å². The molecule has 0 heterocycles. The molecule has 1 amide bonds. The molecule has 0 aliphatic rings. The first-order chi connectivity index (χ1) is 3.95. The van der Waals surface area contributed by atoms with Gasteiger partial charge in [0.1, 0.15) is 0 Å². The van der Waals surface area contributed by atoms with Crippen molar-refractivity contribution in [3.63, 3.8) is 0 Å². The Kier molecular flexibility index (Phi) is 2.84. The molecule has 0 aromatic heterocycles. The maximum absolute atomic E-state index is 10.2. The van der Waals surface area contributed by atoms with E-state index in [0.717, 1.165) is 0 Å². The predicted molar refractivity (Wildman–Crippen MR) is 30.5 cm³/mol. The van der Waals surface area contributed by atoms with Crippen molar-refractivity contribution in [3.8, 4) is 0 Å². The van der Waals surface area contributed by atoms with Crippen LogP contribution < -0.4 is 5.09 Å². The van der Waals surface area contributed by atoms with E-state index in [2.05, 4.69) is 0 Å². The number of amides is 1. The molecule has 0 bridgehead atoms. The molecule has 5 nitrogen and oxygen atoms in total. The molecule has 6 heteroatoms. The Morgan fingerprint density at radius 3 is 2.22 bits per heavy atom. The van der Waals surface area contributed by atoms with Crippen LogP contribution in [0.4, 0.5) is 0 Å². The summed E-state index contributed by atoms with van der Waals surface area (Å²) in [5.41, 5.74) is 0. The minimum absolute atomic E-state index is 0.0745. The largest absolute Gasteiger partial charge is 0.429 e. The third kappa shape index (κ3) is 5.49. The molecule has 0 atom stereocenters. The molecular weight excluding hydrogens is 145 g/mol. The molecule has 0 aromatic carbocycles. The number of carbonyl (C=O) groups excluding carboxylic acids is 1. The fraction of sp³-hybridized carbons (Fsp3) is 0.667. The van der Waals surface area contributed by atoms with Crippen molar-refractivity contribution in [1.82, 2.24) is 5.09 Å². The Morgan fingerprint density at radius 2 is 2.11 bits per heavy atom. The molecule has 0 aliphatic heterocycles. The van der Waals surface area contributed by atoms with E-state index in [1.165, 1.54) is 12.0 Å².